The third-order valence-electron chi connectivity index (χ3n) is 3.51. The molecule has 1 saturated heterocycles. The van der Waals surface area contributed by atoms with Crippen LogP contribution < -0.4 is 4.74 Å². The van der Waals surface area contributed by atoms with Gasteiger partial charge < -0.3 is 14.7 Å². The van der Waals surface area contributed by atoms with E-state index in [0.29, 0.717) is 17.4 Å². The van der Waals surface area contributed by atoms with Crippen molar-refractivity contribution in [3.05, 3.63) is 28.8 Å². The minimum atomic E-state index is -0.498. The van der Waals surface area contributed by atoms with E-state index in [2.05, 4.69) is 4.90 Å². The zero-order valence-corrected chi connectivity index (χ0v) is 12.2. The first-order valence-electron chi connectivity index (χ1n) is 6.99. The van der Waals surface area contributed by atoms with Crippen LogP contribution in [0.3, 0.4) is 0 Å². The molecule has 1 aromatic rings. The number of nitrogens with zero attached hydrogens (tertiary/aromatic N) is 1. The smallest absolute Gasteiger partial charge is 0.137 e. The lowest BCUT2D eigenvalue weighted by Gasteiger charge is -2.15. The van der Waals surface area contributed by atoms with Gasteiger partial charge in [-0.25, -0.2) is 0 Å². The molecule has 0 radical (unpaired) electrons. The van der Waals surface area contributed by atoms with Gasteiger partial charge in [-0.3, -0.25) is 0 Å². The number of rotatable bonds is 6. The molecule has 0 aliphatic carbocycles. The van der Waals surface area contributed by atoms with Crippen molar-refractivity contribution in [1.29, 1.82) is 0 Å². The van der Waals surface area contributed by atoms with Crippen LogP contribution in [0, 0.1) is 0 Å². The second kappa shape index (κ2) is 7.13. The lowest BCUT2D eigenvalue weighted by molar-refractivity contribution is 0.199. The standard InChI is InChI=1S/C15H22ClNO2/c1-12(18)13-5-6-15(14(16)11-13)19-10-4-9-17-7-2-3-8-17/h5-6,11-12,18H,2-4,7-10H2,1H3/t12-/m0/s1. The molecule has 4 heteroatoms. The molecular formula is C15H22ClNO2. The predicted octanol–water partition coefficient (Wildman–Crippen LogP) is 3.26. The molecule has 19 heavy (non-hydrogen) atoms. The molecule has 1 heterocycles. The Morgan fingerprint density at radius 3 is 2.74 bits per heavy atom. The summed E-state index contributed by atoms with van der Waals surface area (Å²) in [6, 6.07) is 5.45. The van der Waals surface area contributed by atoms with Crippen LogP contribution in [-0.4, -0.2) is 36.2 Å². The summed E-state index contributed by atoms with van der Waals surface area (Å²) in [7, 11) is 0. The summed E-state index contributed by atoms with van der Waals surface area (Å²) in [5.41, 5.74) is 0.814. The number of hydrogen-bond acceptors (Lipinski definition) is 3. The first-order chi connectivity index (χ1) is 9.16. The van der Waals surface area contributed by atoms with Crippen molar-refractivity contribution >= 4 is 11.6 Å². The highest BCUT2D eigenvalue weighted by Gasteiger charge is 2.11. The van der Waals surface area contributed by atoms with Gasteiger partial charge in [-0.1, -0.05) is 17.7 Å². The van der Waals surface area contributed by atoms with E-state index in [0.717, 1.165) is 18.5 Å². The Balaban J connectivity index is 1.76. The van der Waals surface area contributed by atoms with E-state index in [1.54, 1.807) is 13.0 Å². The highest BCUT2D eigenvalue weighted by Crippen LogP contribution is 2.27. The van der Waals surface area contributed by atoms with Gasteiger partial charge in [0.25, 0.3) is 0 Å². The zero-order valence-electron chi connectivity index (χ0n) is 11.4. The van der Waals surface area contributed by atoms with Crippen LogP contribution >= 0.6 is 11.6 Å². The highest BCUT2D eigenvalue weighted by molar-refractivity contribution is 6.32. The molecule has 0 bridgehead atoms. The van der Waals surface area contributed by atoms with Crippen LogP contribution in [0.1, 0.15) is 37.9 Å². The fourth-order valence-corrected chi connectivity index (χ4v) is 2.61. The summed E-state index contributed by atoms with van der Waals surface area (Å²) < 4.78 is 5.69. The molecule has 0 unspecified atom stereocenters. The topological polar surface area (TPSA) is 32.7 Å². The number of hydrogen-bond donors (Lipinski definition) is 1. The molecule has 0 amide bonds. The maximum atomic E-state index is 9.47. The summed E-state index contributed by atoms with van der Waals surface area (Å²) in [4.78, 5) is 2.47. The molecular weight excluding hydrogens is 262 g/mol. The van der Waals surface area contributed by atoms with E-state index in [1.165, 1.54) is 25.9 Å². The van der Waals surface area contributed by atoms with Gasteiger partial charge in [0.15, 0.2) is 0 Å². The predicted molar refractivity (Wildman–Crippen MR) is 77.9 cm³/mol. The van der Waals surface area contributed by atoms with E-state index in [9.17, 15) is 5.11 Å². The number of likely N-dealkylation sites (tertiary alicyclic amines) is 1. The quantitative estimate of drug-likeness (QED) is 0.814. The van der Waals surface area contributed by atoms with Crippen molar-refractivity contribution in [2.75, 3.05) is 26.2 Å². The van der Waals surface area contributed by atoms with E-state index in [1.807, 2.05) is 12.1 Å². The first kappa shape index (κ1) is 14.6. The normalized spacial score (nSPS) is 17.6. The third kappa shape index (κ3) is 4.37. The fourth-order valence-electron chi connectivity index (χ4n) is 2.37. The fraction of sp³-hybridized carbons (Fsp3) is 0.600. The first-order valence-corrected chi connectivity index (χ1v) is 7.37. The SMILES string of the molecule is C[C@H](O)c1ccc(OCCCN2CCCC2)c(Cl)c1. The second-order valence-corrected chi connectivity index (χ2v) is 5.52. The van der Waals surface area contributed by atoms with Crippen molar-refractivity contribution in [3.8, 4) is 5.75 Å². The van der Waals surface area contributed by atoms with E-state index < -0.39 is 6.10 Å². The lowest BCUT2D eigenvalue weighted by atomic mass is 10.1. The van der Waals surface area contributed by atoms with Gasteiger partial charge >= 0.3 is 0 Å². The van der Waals surface area contributed by atoms with Crippen LogP contribution in [0.15, 0.2) is 18.2 Å². The number of aliphatic hydroxyl groups excluding tert-OH is 1. The molecule has 106 valence electrons. The molecule has 0 spiro atoms. The molecule has 1 aliphatic heterocycles. The molecule has 3 nitrogen and oxygen atoms in total. The van der Waals surface area contributed by atoms with Gasteiger partial charge in [0.2, 0.25) is 0 Å². The molecule has 2 rings (SSSR count). The van der Waals surface area contributed by atoms with Gasteiger partial charge in [-0.2, -0.15) is 0 Å². The van der Waals surface area contributed by atoms with Gasteiger partial charge in [-0.15, -0.1) is 0 Å². The summed E-state index contributed by atoms with van der Waals surface area (Å²) in [5.74, 6) is 0.701. The molecule has 1 fully saturated rings. The van der Waals surface area contributed by atoms with Crippen LogP contribution in [-0.2, 0) is 0 Å². The van der Waals surface area contributed by atoms with Crippen molar-refractivity contribution < 1.29 is 9.84 Å². The molecule has 0 aromatic heterocycles. The van der Waals surface area contributed by atoms with E-state index in [-0.39, 0.29) is 0 Å². The summed E-state index contributed by atoms with van der Waals surface area (Å²) in [6.07, 6.45) is 3.18. The summed E-state index contributed by atoms with van der Waals surface area (Å²) in [5, 5.41) is 10.0. The number of aliphatic hydroxyl groups is 1. The Morgan fingerprint density at radius 2 is 2.11 bits per heavy atom. The average Bonchev–Trinajstić information content (AvgIpc) is 2.89. The van der Waals surface area contributed by atoms with Crippen LogP contribution in [0.25, 0.3) is 0 Å². The third-order valence-corrected chi connectivity index (χ3v) is 3.81. The Bertz CT molecular complexity index is 403. The van der Waals surface area contributed by atoms with Crippen molar-refractivity contribution in [3.63, 3.8) is 0 Å². The maximum absolute atomic E-state index is 9.47. The molecule has 1 N–H and O–H groups in total. The lowest BCUT2D eigenvalue weighted by Crippen LogP contribution is -2.21. The van der Waals surface area contributed by atoms with Gasteiger partial charge in [-0.05, 0) is 57.0 Å². The minimum absolute atomic E-state index is 0.498. The van der Waals surface area contributed by atoms with Gasteiger partial charge in [0.05, 0.1) is 17.7 Å². The number of halogens is 1. The highest BCUT2D eigenvalue weighted by atomic mass is 35.5. The zero-order chi connectivity index (χ0) is 13.7. The van der Waals surface area contributed by atoms with Crippen molar-refractivity contribution in [2.45, 2.75) is 32.3 Å². The largest absolute Gasteiger partial charge is 0.492 e. The molecule has 0 saturated carbocycles. The van der Waals surface area contributed by atoms with Crippen LogP contribution in [0.4, 0.5) is 0 Å². The Hall–Kier alpha value is -0.770. The second-order valence-electron chi connectivity index (χ2n) is 5.12. The van der Waals surface area contributed by atoms with E-state index >= 15 is 0 Å². The van der Waals surface area contributed by atoms with E-state index in [4.69, 9.17) is 16.3 Å². The Morgan fingerprint density at radius 1 is 1.37 bits per heavy atom. The Labute approximate surface area is 120 Å². The maximum Gasteiger partial charge on any atom is 0.137 e. The van der Waals surface area contributed by atoms with Crippen LogP contribution in [0.2, 0.25) is 5.02 Å². The average molecular weight is 284 g/mol. The number of ether oxygens (including phenoxy) is 1. The molecule has 1 aliphatic rings. The number of benzene rings is 1. The summed E-state index contributed by atoms with van der Waals surface area (Å²) >= 11 is 6.13. The summed E-state index contributed by atoms with van der Waals surface area (Å²) in [6.45, 7) is 5.96. The molecule has 1 aromatic carbocycles. The van der Waals surface area contributed by atoms with Crippen molar-refractivity contribution in [1.82, 2.24) is 4.90 Å². The van der Waals surface area contributed by atoms with Gasteiger partial charge in [0, 0.05) is 6.54 Å². The monoisotopic (exact) mass is 283 g/mol. The Kier molecular flexibility index (Phi) is 5.49. The van der Waals surface area contributed by atoms with Crippen molar-refractivity contribution in [2.24, 2.45) is 0 Å². The molecule has 1 atom stereocenters. The minimum Gasteiger partial charge on any atom is -0.492 e. The van der Waals surface area contributed by atoms with Crippen LogP contribution in [0.5, 0.6) is 5.75 Å². The van der Waals surface area contributed by atoms with Gasteiger partial charge in [0.1, 0.15) is 5.75 Å².